The van der Waals surface area contributed by atoms with Crippen LogP contribution in [0.15, 0.2) is 11.1 Å². The number of anilines is 1. The van der Waals surface area contributed by atoms with Crippen LogP contribution < -0.4 is 10.5 Å². The molecule has 104 valence electrons. The average molecular weight is 274 g/mol. The first kappa shape index (κ1) is 15.0. The van der Waals surface area contributed by atoms with Crippen LogP contribution in [0.1, 0.15) is 46.1 Å². The Balaban J connectivity index is 2.93. The number of nitrogen functional groups attached to an aromatic ring is 1. The van der Waals surface area contributed by atoms with E-state index in [0.29, 0.717) is 6.54 Å². The van der Waals surface area contributed by atoms with Gasteiger partial charge in [-0.15, -0.1) is 0 Å². The zero-order chi connectivity index (χ0) is 13.8. The number of nitrogens with one attached hydrogen (secondary N) is 1. The molecule has 0 radical (unpaired) electrons. The summed E-state index contributed by atoms with van der Waals surface area (Å²) >= 11 is 0. The fourth-order valence-electron chi connectivity index (χ4n) is 1.55. The first-order valence-electron chi connectivity index (χ1n) is 6.26. The minimum absolute atomic E-state index is 0.0684. The summed E-state index contributed by atoms with van der Waals surface area (Å²) in [5, 5.41) is 4.05. The maximum atomic E-state index is 12.0. The molecular formula is C11H22N4O2S. The van der Waals surface area contributed by atoms with Gasteiger partial charge in [0.2, 0.25) is 10.0 Å². The van der Waals surface area contributed by atoms with Gasteiger partial charge in [-0.3, -0.25) is 0 Å². The van der Waals surface area contributed by atoms with Crippen LogP contribution in [0.3, 0.4) is 0 Å². The summed E-state index contributed by atoms with van der Waals surface area (Å²) in [6.45, 7) is 6.38. The summed E-state index contributed by atoms with van der Waals surface area (Å²) in [4.78, 5) is 0.0684. The largest absolute Gasteiger partial charge is 0.383 e. The van der Waals surface area contributed by atoms with Crippen molar-refractivity contribution < 1.29 is 8.42 Å². The van der Waals surface area contributed by atoms with E-state index in [1.807, 2.05) is 20.8 Å². The summed E-state index contributed by atoms with van der Waals surface area (Å²) in [7, 11) is -3.54. The van der Waals surface area contributed by atoms with Crippen LogP contribution in [-0.2, 0) is 10.0 Å². The quantitative estimate of drug-likeness (QED) is 0.737. The van der Waals surface area contributed by atoms with E-state index in [1.54, 1.807) is 4.68 Å². The number of hydrogen-bond acceptors (Lipinski definition) is 4. The standard InChI is InChI=1S/C11H22N4O2S/c1-4-6-7-14-18(16,17)10-8-13-15(11(10)12)9(3)5-2/h8-9,14H,4-7,12H2,1-3H3. The van der Waals surface area contributed by atoms with E-state index >= 15 is 0 Å². The maximum Gasteiger partial charge on any atom is 0.245 e. The van der Waals surface area contributed by atoms with Crippen LogP contribution in [0, 0.1) is 0 Å². The monoisotopic (exact) mass is 274 g/mol. The molecule has 1 unspecified atom stereocenters. The molecule has 0 saturated carbocycles. The molecule has 0 bridgehead atoms. The lowest BCUT2D eigenvalue weighted by Gasteiger charge is -2.11. The number of nitrogens with two attached hydrogens (primary N) is 1. The normalized spacial score (nSPS) is 13.7. The molecule has 0 fully saturated rings. The van der Waals surface area contributed by atoms with Crippen LogP contribution in [0.5, 0.6) is 0 Å². The summed E-state index contributed by atoms with van der Waals surface area (Å²) in [6, 6.07) is 0.0876. The van der Waals surface area contributed by atoms with E-state index < -0.39 is 10.0 Å². The van der Waals surface area contributed by atoms with E-state index in [-0.39, 0.29) is 16.8 Å². The van der Waals surface area contributed by atoms with E-state index in [0.717, 1.165) is 19.3 Å². The highest BCUT2D eigenvalue weighted by Gasteiger charge is 2.22. The van der Waals surface area contributed by atoms with E-state index in [9.17, 15) is 8.42 Å². The van der Waals surface area contributed by atoms with E-state index in [1.165, 1.54) is 6.20 Å². The van der Waals surface area contributed by atoms with Crippen LogP contribution in [0.25, 0.3) is 0 Å². The van der Waals surface area contributed by atoms with E-state index in [4.69, 9.17) is 5.73 Å². The molecule has 0 spiro atoms. The molecule has 0 aliphatic carbocycles. The van der Waals surface area contributed by atoms with Gasteiger partial charge in [0.05, 0.1) is 12.2 Å². The van der Waals surface area contributed by atoms with Crippen molar-refractivity contribution in [3.8, 4) is 0 Å². The predicted octanol–water partition coefficient (Wildman–Crippen LogP) is 1.51. The fourth-order valence-corrected chi connectivity index (χ4v) is 2.67. The second kappa shape index (κ2) is 6.19. The van der Waals surface area contributed by atoms with Crippen LogP contribution in [0.4, 0.5) is 5.82 Å². The van der Waals surface area contributed by atoms with Gasteiger partial charge in [-0.2, -0.15) is 5.10 Å². The first-order valence-corrected chi connectivity index (χ1v) is 7.75. The fraction of sp³-hybridized carbons (Fsp3) is 0.727. The van der Waals surface area contributed by atoms with E-state index in [2.05, 4.69) is 9.82 Å². The molecule has 1 aromatic heterocycles. The van der Waals surface area contributed by atoms with Gasteiger partial charge >= 0.3 is 0 Å². The third-order valence-electron chi connectivity index (χ3n) is 2.92. The van der Waals surface area contributed by atoms with Crippen molar-refractivity contribution in [3.05, 3.63) is 6.20 Å². The summed E-state index contributed by atoms with van der Waals surface area (Å²) in [5.41, 5.74) is 5.85. The van der Waals surface area contributed by atoms with Crippen molar-refractivity contribution in [1.29, 1.82) is 0 Å². The molecule has 6 nitrogen and oxygen atoms in total. The molecule has 1 rings (SSSR count). The van der Waals surface area contributed by atoms with Gasteiger partial charge in [0.15, 0.2) is 0 Å². The van der Waals surface area contributed by atoms with Crippen molar-refractivity contribution in [2.24, 2.45) is 0 Å². The Hall–Kier alpha value is -1.08. The smallest absolute Gasteiger partial charge is 0.245 e. The zero-order valence-electron chi connectivity index (χ0n) is 11.2. The Bertz CT molecular complexity index is 481. The second-order valence-electron chi connectivity index (χ2n) is 4.35. The SMILES string of the molecule is CCCCNS(=O)(=O)c1cnn(C(C)CC)c1N. The Morgan fingerprint density at radius 2 is 2.17 bits per heavy atom. The second-order valence-corrected chi connectivity index (χ2v) is 6.08. The zero-order valence-corrected chi connectivity index (χ0v) is 12.0. The van der Waals surface area contributed by atoms with Gasteiger partial charge in [-0.25, -0.2) is 17.8 Å². The molecule has 0 aliphatic rings. The molecule has 18 heavy (non-hydrogen) atoms. The molecular weight excluding hydrogens is 252 g/mol. The highest BCUT2D eigenvalue weighted by Crippen LogP contribution is 2.22. The predicted molar refractivity (Wildman–Crippen MR) is 71.7 cm³/mol. The molecule has 1 atom stereocenters. The number of sulfonamides is 1. The van der Waals surface area contributed by atoms with Gasteiger partial charge < -0.3 is 5.73 Å². The number of rotatable bonds is 7. The lowest BCUT2D eigenvalue weighted by molar-refractivity contribution is 0.484. The molecule has 0 aromatic carbocycles. The highest BCUT2D eigenvalue weighted by atomic mass is 32.2. The Labute approximate surface area is 109 Å². The molecule has 1 heterocycles. The summed E-state index contributed by atoms with van der Waals surface area (Å²) < 4.78 is 28.1. The molecule has 3 N–H and O–H groups in total. The topological polar surface area (TPSA) is 90.0 Å². The number of nitrogens with zero attached hydrogens (tertiary/aromatic N) is 2. The lowest BCUT2D eigenvalue weighted by Crippen LogP contribution is -2.25. The minimum atomic E-state index is -3.54. The Morgan fingerprint density at radius 3 is 2.72 bits per heavy atom. The van der Waals surface area contributed by atoms with Crippen molar-refractivity contribution >= 4 is 15.8 Å². The van der Waals surface area contributed by atoms with Gasteiger partial charge in [-0.1, -0.05) is 20.3 Å². The first-order chi connectivity index (χ1) is 8.44. The molecule has 1 aromatic rings. The third-order valence-corrected chi connectivity index (χ3v) is 4.40. The van der Waals surface area contributed by atoms with Crippen molar-refractivity contribution in [3.63, 3.8) is 0 Å². The molecule has 7 heteroatoms. The lowest BCUT2D eigenvalue weighted by atomic mass is 10.3. The molecule has 0 aliphatic heterocycles. The van der Waals surface area contributed by atoms with Crippen LogP contribution in [-0.4, -0.2) is 24.7 Å². The van der Waals surface area contributed by atoms with Crippen molar-refractivity contribution in [2.75, 3.05) is 12.3 Å². The van der Waals surface area contributed by atoms with Crippen molar-refractivity contribution in [2.45, 2.75) is 51.0 Å². The number of aromatic nitrogens is 2. The van der Waals surface area contributed by atoms with Gasteiger partial charge in [0.25, 0.3) is 0 Å². The number of unbranched alkanes of at least 4 members (excludes halogenated alkanes) is 1. The highest BCUT2D eigenvalue weighted by molar-refractivity contribution is 7.89. The maximum absolute atomic E-state index is 12.0. The minimum Gasteiger partial charge on any atom is -0.383 e. The Kier molecular flexibility index (Phi) is 5.15. The van der Waals surface area contributed by atoms with Gasteiger partial charge in [-0.05, 0) is 19.8 Å². The van der Waals surface area contributed by atoms with Crippen molar-refractivity contribution in [1.82, 2.24) is 14.5 Å². The molecule has 0 saturated heterocycles. The Morgan fingerprint density at radius 1 is 1.50 bits per heavy atom. The van der Waals surface area contributed by atoms with Crippen LogP contribution >= 0.6 is 0 Å². The summed E-state index contributed by atoms with van der Waals surface area (Å²) in [6.07, 6.45) is 3.90. The van der Waals surface area contributed by atoms with Gasteiger partial charge in [0.1, 0.15) is 10.7 Å². The third kappa shape index (κ3) is 3.23. The van der Waals surface area contributed by atoms with Gasteiger partial charge in [0, 0.05) is 6.54 Å². The average Bonchev–Trinajstić information content (AvgIpc) is 2.71. The molecule has 0 amide bonds. The number of hydrogen-bond donors (Lipinski definition) is 2. The summed E-state index contributed by atoms with van der Waals surface area (Å²) in [5.74, 6) is 0.202. The van der Waals surface area contributed by atoms with Crippen LogP contribution in [0.2, 0.25) is 0 Å².